The molecule has 0 aliphatic heterocycles. The van der Waals surface area contributed by atoms with Gasteiger partial charge >= 0.3 is 0 Å². The van der Waals surface area contributed by atoms with Crippen molar-refractivity contribution in [2.45, 2.75) is 58.9 Å². The van der Waals surface area contributed by atoms with Crippen LogP contribution in [-0.2, 0) is 17.4 Å². The van der Waals surface area contributed by atoms with E-state index in [1.54, 1.807) is 12.1 Å². The monoisotopic (exact) mass is 436 g/mol. The molecule has 0 saturated carbocycles. The number of nitrogens with one attached hydrogen (secondary N) is 1. The number of H-pyrrole nitrogens is 1. The smallest absolute Gasteiger partial charge is 0.269 e. The molecule has 0 bridgehead atoms. The second-order valence-electron chi connectivity index (χ2n) is 10.3. The summed E-state index contributed by atoms with van der Waals surface area (Å²) in [5.41, 5.74) is 4.18. The molecule has 0 spiro atoms. The van der Waals surface area contributed by atoms with Crippen LogP contribution in [0.5, 0.6) is 5.75 Å². The SMILES string of the molecule is CN(Cc1ncc(-c2cc(C(C)(C)C)c(O)c(C(C)(C)C)c2)[nH]1)c1ccc([N+](=O)[O-])cc1. The zero-order valence-corrected chi connectivity index (χ0v) is 19.9. The van der Waals surface area contributed by atoms with Crippen LogP contribution in [0, 0.1) is 10.1 Å². The Morgan fingerprint density at radius 2 is 1.56 bits per heavy atom. The number of aromatic hydroxyl groups is 1. The molecule has 0 atom stereocenters. The third kappa shape index (κ3) is 4.93. The summed E-state index contributed by atoms with van der Waals surface area (Å²) in [7, 11) is 1.92. The summed E-state index contributed by atoms with van der Waals surface area (Å²) < 4.78 is 0. The van der Waals surface area contributed by atoms with Crippen LogP contribution >= 0.6 is 0 Å². The zero-order chi connectivity index (χ0) is 23.8. The van der Waals surface area contributed by atoms with E-state index in [1.807, 2.05) is 30.3 Å². The molecule has 3 rings (SSSR count). The summed E-state index contributed by atoms with van der Waals surface area (Å²) in [6, 6.07) is 10.5. The summed E-state index contributed by atoms with van der Waals surface area (Å²) in [5.74, 6) is 1.13. The van der Waals surface area contributed by atoms with Crippen LogP contribution in [0.1, 0.15) is 58.5 Å². The Labute approximate surface area is 189 Å². The van der Waals surface area contributed by atoms with Gasteiger partial charge in [0.2, 0.25) is 0 Å². The van der Waals surface area contributed by atoms with Gasteiger partial charge in [-0.05, 0) is 35.1 Å². The topological polar surface area (TPSA) is 95.3 Å². The van der Waals surface area contributed by atoms with Crippen LogP contribution in [0.25, 0.3) is 11.3 Å². The molecule has 1 aromatic heterocycles. The second-order valence-corrected chi connectivity index (χ2v) is 10.3. The Morgan fingerprint density at radius 3 is 2.03 bits per heavy atom. The fourth-order valence-electron chi connectivity index (χ4n) is 3.67. The summed E-state index contributed by atoms with van der Waals surface area (Å²) in [6.07, 6.45) is 1.81. The number of aromatic nitrogens is 2. The molecule has 32 heavy (non-hydrogen) atoms. The minimum Gasteiger partial charge on any atom is -0.507 e. The highest BCUT2D eigenvalue weighted by Gasteiger charge is 2.27. The molecule has 0 fully saturated rings. The third-order valence-corrected chi connectivity index (χ3v) is 5.55. The highest BCUT2D eigenvalue weighted by Crippen LogP contribution is 2.41. The summed E-state index contributed by atoms with van der Waals surface area (Å²) in [5, 5.41) is 21.8. The molecule has 0 unspecified atom stereocenters. The molecule has 0 radical (unpaired) electrons. The van der Waals surface area contributed by atoms with E-state index in [-0.39, 0.29) is 16.5 Å². The fraction of sp³-hybridized carbons (Fsp3) is 0.400. The van der Waals surface area contributed by atoms with E-state index in [1.165, 1.54) is 12.1 Å². The lowest BCUT2D eigenvalue weighted by Crippen LogP contribution is -2.17. The van der Waals surface area contributed by atoms with E-state index in [9.17, 15) is 15.2 Å². The number of nitro benzene ring substituents is 1. The number of hydrogen-bond acceptors (Lipinski definition) is 5. The van der Waals surface area contributed by atoms with Crippen LogP contribution < -0.4 is 4.90 Å². The Balaban J connectivity index is 1.91. The predicted octanol–water partition coefficient (Wildman–Crippen LogP) is 5.92. The van der Waals surface area contributed by atoms with Crippen molar-refractivity contribution in [3.05, 3.63) is 69.7 Å². The van der Waals surface area contributed by atoms with E-state index < -0.39 is 4.92 Å². The van der Waals surface area contributed by atoms with Gasteiger partial charge in [0, 0.05) is 41.6 Å². The summed E-state index contributed by atoms with van der Waals surface area (Å²) in [4.78, 5) is 20.4. The lowest BCUT2D eigenvalue weighted by Gasteiger charge is -2.28. The van der Waals surface area contributed by atoms with Crippen LogP contribution in [0.15, 0.2) is 42.6 Å². The maximum absolute atomic E-state index is 11.0. The maximum atomic E-state index is 11.0. The number of imidazole rings is 1. The van der Waals surface area contributed by atoms with Crippen molar-refractivity contribution >= 4 is 11.4 Å². The number of benzene rings is 2. The minimum atomic E-state index is -0.405. The molecule has 2 N–H and O–H groups in total. The number of anilines is 1. The molecule has 1 heterocycles. The minimum absolute atomic E-state index is 0.0686. The normalized spacial score (nSPS) is 12.1. The Hall–Kier alpha value is -3.35. The first-order valence-corrected chi connectivity index (χ1v) is 10.6. The lowest BCUT2D eigenvalue weighted by atomic mass is 9.78. The Morgan fingerprint density at radius 1 is 1.03 bits per heavy atom. The number of nitro groups is 1. The summed E-state index contributed by atoms with van der Waals surface area (Å²) >= 11 is 0. The van der Waals surface area contributed by atoms with Crippen molar-refractivity contribution in [1.82, 2.24) is 9.97 Å². The fourth-order valence-corrected chi connectivity index (χ4v) is 3.67. The molecular weight excluding hydrogens is 404 g/mol. The van der Waals surface area contributed by atoms with Gasteiger partial charge in [0.15, 0.2) is 0 Å². The quantitative estimate of drug-likeness (QED) is 0.382. The van der Waals surface area contributed by atoms with E-state index in [2.05, 4.69) is 51.5 Å². The first-order valence-electron chi connectivity index (χ1n) is 10.6. The molecule has 0 aliphatic rings. The third-order valence-electron chi connectivity index (χ3n) is 5.55. The number of hydrogen-bond donors (Lipinski definition) is 2. The highest BCUT2D eigenvalue weighted by atomic mass is 16.6. The molecule has 7 heteroatoms. The van der Waals surface area contributed by atoms with Gasteiger partial charge in [-0.3, -0.25) is 10.1 Å². The molecule has 170 valence electrons. The lowest BCUT2D eigenvalue weighted by molar-refractivity contribution is -0.384. The first kappa shape index (κ1) is 23.3. The zero-order valence-electron chi connectivity index (χ0n) is 19.9. The van der Waals surface area contributed by atoms with E-state index >= 15 is 0 Å². The number of phenolic OH excluding ortho intramolecular Hbond substituents is 1. The van der Waals surface area contributed by atoms with E-state index in [0.717, 1.165) is 33.9 Å². The standard InChI is InChI=1S/C25H32N4O3/c1-24(2,3)19-12-16(13-20(23(19)30)25(4,5)6)21-14-26-22(27-21)15-28(7)17-8-10-18(11-9-17)29(31)32/h8-14,30H,15H2,1-7H3,(H,26,27). The number of rotatable bonds is 5. The van der Waals surface area contributed by atoms with Crippen molar-refractivity contribution < 1.29 is 10.0 Å². The van der Waals surface area contributed by atoms with Crippen molar-refractivity contribution in [1.29, 1.82) is 0 Å². The number of aromatic amines is 1. The van der Waals surface area contributed by atoms with Crippen LogP contribution in [0.3, 0.4) is 0 Å². The molecule has 0 aliphatic carbocycles. The van der Waals surface area contributed by atoms with Gasteiger partial charge in [-0.1, -0.05) is 41.5 Å². The Bertz CT molecular complexity index is 1080. The second kappa shape index (κ2) is 8.30. The van der Waals surface area contributed by atoms with Gasteiger partial charge in [-0.25, -0.2) is 4.98 Å². The van der Waals surface area contributed by atoms with Crippen molar-refractivity contribution in [3.63, 3.8) is 0 Å². The predicted molar refractivity (Wildman–Crippen MR) is 128 cm³/mol. The molecule has 0 amide bonds. The molecular formula is C25H32N4O3. The number of phenols is 1. The molecule has 2 aromatic carbocycles. The van der Waals surface area contributed by atoms with Gasteiger partial charge in [-0.15, -0.1) is 0 Å². The van der Waals surface area contributed by atoms with Gasteiger partial charge in [0.05, 0.1) is 23.4 Å². The number of non-ortho nitro benzene ring substituents is 1. The number of nitrogens with zero attached hydrogens (tertiary/aromatic N) is 3. The summed E-state index contributed by atoms with van der Waals surface area (Å²) in [6.45, 7) is 13.1. The van der Waals surface area contributed by atoms with Crippen LogP contribution in [0.2, 0.25) is 0 Å². The van der Waals surface area contributed by atoms with Gasteiger partial charge in [0.25, 0.3) is 5.69 Å². The molecule has 0 saturated heterocycles. The van der Waals surface area contributed by atoms with Crippen LogP contribution in [0.4, 0.5) is 11.4 Å². The Kier molecular flexibility index (Phi) is 6.05. The van der Waals surface area contributed by atoms with Crippen molar-refractivity contribution in [2.24, 2.45) is 0 Å². The van der Waals surface area contributed by atoms with Gasteiger partial charge < -0.3 is 15.0 Å². The van der Waals surface area contributed by atoms with Gasteiger partial charge in [0.1, 0.15) is 11.6 Å². The van der Waals surface area contributed by atoms with Crippen molar-refractivity contribution in [2.75, 3.05) is 11.9 Å². The van der Waals surface area contributed by atoms with Crippen LogP contribution in [-0.4, -0.2) is 27.0 Å². The van der Waals surface area contributed by atoms with Gasteiger partial charge in [-0.2, -0.15) is 0 Å². The molecule has 3 aromatic rings. The van der Waals surface area contributed by atoms with E-state index in [4.69, 9.17) is 0 Å². The maximum Gasteiger partial charge on any atom is 0.269 e. The molecule has 7 nitrogen and oxygen atoms in total. The largest absolute Gasteiger partial charge is 0.507 e. The first-order chi connectivity index (χ1) is 14.8. The van der Waals surface area contributed by atoms with E-state index in [0.29, 0.717) is 12.3 Å². The van der Waals surface area contributed by atoms with Crippen molar-refractivity contribution in [3.8, 4) is 17.0 Å². The average Bonchev–Trinajstić information content (AvgIpc) is 3.14. The highest BCUT2D eigenvalue weighted by molar-refractivity contribution is 5.66. The average molecular weight is 437 g/mol.